The van der Waals surface area contributed by atoms with Crippen molar-refractivity contribution in [3.63, 3.8) is 0 Å². The normalized spacial score (nSPS) is 12.5. The van der Waals surface area contributed by atoms with Crippen molar-refractivity contribution in [1.29, 1.82) is 0 Å². The molecule has 0 aliphatic carbocycles. The maximum absolute atomic E-state index is 13.1. The lowest BCUT2D eigenvalue weighted by Gasteiger charge is -2.20. The molecule has 4 aromatic carbocycles. The molecule has 0 bridgehead atoms. The highest BCUT2D eigenvalue weighted by Crippen LogP contribution is 2.28. The first-order chi connectivity index (χ1) is 15.5. The van der Waals surface area contributed by atoms with E-state index >= 15 is 0 Å². The predicted molar refractivity (Wildman–Crippen MR) is 129 cm³/mol. The molecule has 1 N–H and O–H groups in total. The lowest BCUT2D eigenvalue weighted by atomic mass is 9.97. The zero-order chi connectivity index (χ0) is 22.4. The fraction of sp³-hybridized carbons (Fsp3) is 0.185. The van der Waals surface area contributed by atoms with E-state index in [9.17, 15) is 8.42 Å². The van der Waals surface area contributed by atoms with E-state index in [1.165, 1.54) is 5.56 Å². The summed E-state index contributed by atoms with van der Waals surface area (Å²) in [6.45, 7) is 0. The average molecular weight is 446 g/mol. The van der Waals surface area contributed by atoms with E-state index in [0.29, 0.717) is 6.42 Å². The molecule has 4 nitrogen and oxygen atoms in total. The Morgan fingerprint density at radius 2 is 1.47 bits per heavy atom. The number of nitrogens with one attached hydrogen (secondary N) is 1. The van der Waals surface area contributed by atoms with Gasteiger partial charge in [0, 0.05) is 6.04 Å². The molecule has 0 spiro atoms. The minimum atomic E-state index is -3.64. The minimum Gasteiger partial charge on any atom is -0.497 e. The second kappa shape index (κ2) is 9.98. The number of rotatable bonds is 9. The van der Waals surface area contributed by atoms with Gasteiger partial charge in [-0.05, 0) is 71.5 Å². The Morgan fingerprint density at radius 1 is 0.812 bits per heavy atom. The summed E-state index contributed by atoms with van der Waals surface area (Å²) < 4.78 is 34.4. The van der Waals surface area contributed by atoms with Crippen LogP contribution in [-0.2, 0) is 16.4 Å². The van der Waals surface area contributed by atoms with Crippen molar-refractivity contribution >= 4 is 20.8 Å². The van der Waals surface area contributed by atoms with Gasteiger partial charge in [0.05, 0.1) is 12.0 Å². The van der Waals surface area contributed by atoms with Gasteiger partial charge in [0.25, 0.3) is 0 Å². The third-order valence-corrected chi connectivity index (χ3v) is 7.11. The van der Waals surface area contributed by atoms with Crippen LogP contribution in [0.25, 0.3) is 10.8 Å². The van der Waals surface area contributed by atoms with Crippen LogP contribution in [0.2, 0.25) is 0 Å². The van der Waals surface area contributed by atoms with E-state index in [4.69, 9.17) is 4.74 Å². The van der Waals surface area contributed by atoms with Gasteiger partial charge in [0.2, 0.25) is 10.0 Å². The molecule has 0 aromatic heterocycles. The Balaban J connectivity index is 1.61. The fourth-order valence-electron chi connectivity index (χ4n) is 3.89. The summed E-state index contributed by atoms with van der Waals surface area (Å²) in [6.07, 6.45) is 2.46. The number of sulfonamides is 1. The molecule has 1 unspecified atom stereocenters. The standard InChI is InChI=1S/C27H27NO3S/c1-31-25-18-17-22-19-24(16-15-23(22)20-25)27(14-8-11-21-9-4-2-5-10-21)28-32(29,30)26-12-6-3-7-13-26/h2-7,9-10,12-13,15-20,27-28H,8,11,14H2,1H3. The largest absolute Gasteiger partial charge is 0.497 e. The molecule has 4 aromatic rings. The molecule has 1 atom stereocenters. The highest BCUT2D eigenvalue weighted by Gasteiger charge is 2.21. The molecule has 0 heterocycles. The molecule has 164 valence electrons. The topological polar surface area (TPSA) is 55.4 Å². The van der Waals surface area contributed by atoms with Crippen LogP contribution in [0.1, 0.15) is 30.0 Å². The van der Waals surface area contributed by atoms with Gasteiger partial charge in [-0.25, -0.2) is 13.1 Å². The second-order valence-corrected chi connectivity index (χ2v) is 9.55. The quantitative estimate of drug-likeness (QED) is 0.349. The fourth-order valence-corrected chi connectivity index (χ4v) is 5.17. The first kappa shape index (κ1) is 22.1. The predicted octanol–water partition coefficient (Wildman–Crippen LogP) is 5.89. The molecule has 32 heavy (non-hydrogen) atoms. The molecule has 0 aliphatic rings. The number of aryl methyl sites for hydroxylation is 1. The maximum atomic E-state index is 13.1. The van der Waals surface area contributed by atoms with E-state index in [1.54, 1.807) is 31.4 Å². The summed E-state index contributed by atoms with van der Waals surface area (Å²) >= 11 is 0. The second-order valence-electron chi connectivity index (χ2n) is 7.84. The molecule has 0 aliphatic heterocycles. The number of hydrogen-bond donors (Lipinski definition) is 1. The molecule has 4 rings (SSSR count). The van der Waals surface area contributed by atoms with Crippen molar-refractivity contribution in [1.82, 2.24) is 4.72 Å². The third-order valence-electron chi connectivity index (χ3n) is 5.63. The number of hydrogen-bond acceptors (Lipinski definition) is 3. The minimum absolute atomic E-state index is 0.276. The van der Waals surface area contributed by atoms with Crippen molar-refractivity contribution in [2.24, 2.45) is 0 Å². The van der Waals surface area contributed by atoms with Gasteiger partial charge in [-0.2, -0.15) is 0 Å². The third kappa shape index (κ3) is 5.36. The zero-order valence-corrected chi connectivity index (χ0v) is 18.9. The monoisotopic (exact) mass is 445 g/mol. The van der Waals surface area contributed by atoms with Gasteiger partial charge in [0.1, 0.15) is 5.75 Å². The number of benzene rings is 4. The lowest BCUT2D eigenvalue weighted by Crippen LogP contribution is -2.28. The maximum Gasteiger partial charge on any atom is 0.241 e. The zero-order valence-electron chi connectivity index (χ0n) is 18.1. The molecular weight excluding hydrogens is 418 g/mol. The smallest absolute Gasteiger partial charge is 0.241 e. The highest BCUT2D eigenvalue weighted by molar-refractivity contribution is 7.89. The Morgan fingerprint density at radius 3 is 2.19 bits per heavy atom. The van der Waals surface area contributed by atoms with E-state index < -0.39 is 10.0 Å². The van der Waals surface area contributed by atoms with Crippen LogP contribution in [-0.4, -0.2) is 15.5 Å². The summed E-state index contributed by atoms with van der Waals surface area (Å²) in [4.78, 5) is 0.276. The average Bonchev–Trinajstić information content (AvgIpc) is 2.84. The summed E-state index contributed by atoms with van der Waals surface area (Å²) in [7, 11) is -1.99. The highest BCUT2D eigenvalue weighted by atomic mass is 32.2. The molecular formula is C27H27NO3S. The lowest BCUT2D eigenvalue weighted by molar-refractivity contribution is 0.415. The van der Waals surface area contributed by atoms with Crippen LogP contribution in [0.4, 0.5) is 0 Å². The summed E-state index contributed by atoms with van der Waals surface area (Å²) in [5.41, 5.74) is 2.21. The van der Waals surface area contributed by atoms with Crippen LogP contribution in [0, 0.1) is 0 Å². The van der Waals surface area contributed by atoms with E-state index in [0.717, 1.165) is 34.9 Å². The molecule has 0 saturated heterocycles. The van der Waals surface area contributed by atoms with Crippen LogP contribution in [0.15, 0.2) is 102 Å². The van der Waals surface area contributed by atoms with Gasteiger partial charge < -0.3 is 4.74 Å². The van der Waals surface area contributed by atoms with Gasteiger partial charge in [-0.15, -0.1) is 0 Å². The van der Waals surface area contributed by atoms with Crippen molar-refractivity contribution in [3.05, 3.63) is 108 Å². The van der Waals surface area contributed by atoms with Gasteiger partial charge in [-0.1, -0.05) is 66.7 Å². The number of ether oxygens (including phenoxy) is 1. The van der Waals surface area contributed by atoms with E-state index in [2.05, 4.69) is 22.9 Å². The van der Waals surface area contributed by atoms with Gasteiger partial charge >= 0.3 is 0 Å². The van der Waals surface area contributed by atoms with Crippen LogP contribution in [0.5, 0.6) is 5.75 Å². The summed E-state index contributed by atoms with van der Waals surface area (Å²) in [6, 6.07) is 30.5. The SMILES string of the molecule is COc1ccc2cc(C(CCCc3ccccc3)NS(=O)(=O)c3ccccc3)ccc2c1. The molecule has 5 heteroatoms. The first-order valence-corrected chi connectivity index (χ1v) is 12.2. The van der Waals surface area contributed by atoms with E-state index in [1.807, 2.05) is 54.6 Å². The summed E-state index contributed by atoms with van der Waals surface area (Å²) in [5, 5.41) is 2.11. The molecule has 0 fully saturated rings. The number of methoxy groups -OCH3 is 1. The number of fused-ring (bicyclic) bond motifs is 1. The van der Waals surface area contributed by atoms with E-state index in [-0.39, 0.29) is 10.9 Å². The Kier molecular flexibility index (Phi) is 6.88. The van der Waals surface area contributed by atoms with Crippen molar-refractivity contribution in [3.8, 4) is 5.75 Å². The molecule has 0 saturated carbocycles. The van der Waals surface area contributed by atoms with Crippen molar-refractivity contribution in [2.45, 2.75) is 30.2 Å². The Labute approximate surface area is 189 Å². The van der Waals surface area contributed by atoms with Crippen LogP contribution < -0.4 is 9.46 Å². The van der Waals surface area contributed by atoms with Gasteiger partial charge in [0.15, 0.2) is 0 Å². The van der Waals surface area contributed by atoms with Crippen LogP contribution in [0.3, 0.4) is 0 Å². The van der Waals surface area contributed by atoms with Crippen molar-refractivity contribution in [2.75, 3.05) is 7.11 Å². The molecule has 0 radical (unpaired) electrons. The summed E-state index contributed by atoms with van der Waals surface area (Å²) in [5.74, 6) is 0.800. The Bertz CT molecular complexity index is 1270. The van der Waals surface area contributed by atoms with Crippen molar-refractivity contribution < 1.29 is 13.2 Å². The van der Waals surface area contributed by atoms with Crippen LogP contribution >= 0.6 is 0 Å². The first-order valence-electron chi connectivity index (χ1n) is 10.7. The Hall–Kier alpha value is -3.15. The molecule has 0 amide bonds. The van der Waals surface area contributed by atoms with Gasteiger partial charge in [-0.3, -0.25) is 0 Å².